The molecule has 0 saturated carbocycles. The van der Waals surface area contributed by atoms with E-state index in [1.807, 2.05) is 13.8 Å². The summed E-state index contributed by atoms with van der Waals surface area (Å²) >= 11 is 0. The second-order valence-electron chi connectivity index (χ2n) is 10.8. The van der Waals surface area contributed by atoms with Crippen LogP contribution in [0.2, 0.25) is 0 Å². The topological polar surface area (TPSA) is 234 Å². The van der Waals surface area contributed by atoms with E-state index in [1.54, 1.807) is 32.2 Å². The van der Waals surface area contributed by atoms with Crippen LogP contribution in [0.3, 0.4) is 0 Å². The van der Waals surface area contributed by atoms with Gasteiger partial charge in [-0.15, -0.1) is 0 Å². The van der Waals surface area contributed by atoms with Crippen molar-refractivity contribution in [3.63, 3.8) is 0 Å². The molecule has 42 heavy (non-hydrogen) atoms. The number of phenols is 1. The van der Waals surface area contributed by atoms with Crippen molar-refractivity contribution in [1.29, 1.82) is 0 Å². The summed E-state index contributed by atoms with van der Waals surface area (Å²) in [5, 5.41) is 20.1. The first-order valence-electron chi connectivity index (χ1n) is 13.8. The summed E-state index contributed by atoms with van der Waals surface area (Å²) in [6, 6.07) is 1.87. The molecule has 1 aromatic carbocycles. The maximum atomic E-state index is 13.5. The van der Waals surface area contributed by atoms with E-state index in [9.17, 15) is 29.1 Å². The number of aromatic hydroxyl groups is 1. The van der Waals surface area contributed by atoms with Crippen LogP contribution >= 0.6 is 0 Å². The Morgan fingerprint density at radius 1 is 0.857 bits per heavy atom. The lowest BCUT2D eigenvalue weighted by atomic mass is 10.00. The predicted octanol–water partition coefficient (Wildman–Crippen LogP) is -1.01. The van der Waals surface area contributed by atoms with Crippen LogP contribution in [0.25, 0.3) is 0 Å². The van der Waals surface area contributed by atoms with E-state index in [2.05, 4.69) is 31.2 Å². The number of carbonyl (C=O) groups is 5. The summed E-state index contributed by atoms with van der Waals surface area (Å²) in [4.78, 5) is 71.1. The van der Waals surface area contributed by atoms with Gasteiger partial charge in [-0.25, -0.2) is 4.98 Å². The number of benzene rings is 1. The molecule has 14 nitrogen and oxygen atoms in total. The Bertz CT molecular complexity index is 1200. The molecular formula is C28H42N8O6. The Balaban J connectivity index is 2.24. The smallest absolute Gasteiger partial charge is 0.243 e. The summed E-state index contributed by atoms with van der Waals surface area (Å²) in [7, 11) is 0. The molecule has 0 aliphatic heterocycles. The summed E-state index contributed by atoms with van der Waals surface area (Å²) in [5.74, 6) is -3.47. The van der Waals surface area contributed by atoms with Crippen LogP contribution in [0.15, 0.2) is 36.8 Å². The molecule has 0 spiro atoms. The van der Waals surface area contributed by atoms with E-state index in [-0.39, 0.29) is 43.4 Å². The molecule has 1 aromatic heterocycles. The molecule has 10 N–H and O–H groups in total. The average Bonchev–Trinajstić information content (AvgIpc) is 3.44. The van der Waals surface area contributed by atoms with Crippen LogP contribution in [0.1, 0.15) is 45.4 Å². The van der Waals surface area contributed by atoms with Gasteiger partial charge in [-0.3, -0.25) is 24.0 Å². The van der Waals surface area contributed by atoms with Gasteiger partial charge in [-0.1, -0.05) is 39.8 Å². The van der Waals surface area contributed by atoms with Gasteiger partial charge in [0.25, 0.3) is 0 Å². The number of imidazole rings is 1. The first-order chi connectivity index (χ1) is 19.8. The SMILES string of the molecule is CC(C)C[C@H](NC(=O)[C@H](Cc1c[nH]cn1)NC(=O)[C@@H](NC(=O)CN)C(C)C)C(=O)N[C@@H](Cc1ccc(O)cc1)C(N)=O. The number of nitrogens with zero attached hydrogens (tertiary/aromatic N) is 1. The molecule has 2 aromatic rings. The second kappa shape index (κ2) is 16.1. The van der Waals surface area contributed by atoms with Crippen LogP contribution in [0.5, 0.6) is 5.75 Å². The second-order valence-corrected chi connectivity index (χ2v) is 10.8. The van der Waals surface area contributed by atoms with E-state index in [0.29, 0.717) is 11.3 Å². The minimum Gasteiger partial charge on any atom is -0.508 e. The van der Waals surface area contributed by atoms with E-state index < -0.39 is 53.7 Å². The van der Waals surface area contributed by atoms with Gasteiger partial charge >= 0.3 is 0 Å². The molecule has 0 fully saturated rings. The van der Waals surface area contributed by atoms with Gasteiger partial charge in [0.05, 0.1) is 18.6 Å². The number of aromatic amines is 1. The fourth-order valence-electron chi connectivity index (χ4n) is 4.19. The highest BCUT2D eigenvalue weighted by atomic mass is 16.3. The molecule has 0 bridgehead atoms. The molecule has 14 heteroatoms. The molecule has 1 heterocycles. The molecule has 0 aliphatic carbocycles. The molecule has 0 unspecified atom stereocenters. The molecule has 4 atom stereocenters. The standard InChI is InChI=1S/C28H42N8O6/c1-15(2)9-21(26(40)33-20(25(30)39)10-17-5-7-19(37)8-6-17)34-27(41)22(11-18-13-31-14-32-18)35-28(42)24(16(3)4)36-23(38)12-29/h5-8,13-16,20-22,24,37H,9-12,29H2,1-4H3,(H2,30,39)(H,31,32)(H,33,40)(H,34,41)(H,35,42)(H,36,38)/t20-,21-,22-,24-/m0/s1. The van der Waals surface area contributed by atoms with Gasteiger partial charge in [-0.05, 0) is 36.0 Å². The number of rotatable bonds is 16. The maximum absolute atomic E-state index is 13.5. The molecule has 2 rings (SSSR count). The lowest BCUT2D eigenvalue weighted by Gasteiger charge is -2.27. The van der Waals surface area contributed by atoms with E-state index in [0.717, 1.165) is 0 Å². The van der Waals surface area contributed by atoms with Gasteiger partial charge < -0.3 is 42.8 Å². The third kappa shape index (κ3) is 10.8. The fraction of sp³-hybridized carbons (Fsp3) is 0.500. The van der Waals surface area contributed by atoms with Crippen LogP contribution in [-0.4, -0.2) is 75.3 Å². The molecular weight excluding hydrogens is 544 g/mol. The van der Waals surface area contributed by atoms with Gasteiger partial charge in [-0.2, -0.15) is 0 Å². The number of aromatic nitrogens is 2. The number of primary amides is 1. The molecule has 0 saturated heterocycles. The summed E-state index contributed by atoms with van der Waals surface area (Å²) < 4.78 is 0. The van der Waals surface area contributed by atoms with Crippen molar-refractivity contribution in [1.82, 2.24) is 31.2 Å². The average molecular weight is 587 g/mol. The largest absolute Gasteiger partial charge is 0.508 e. The van der Waals surface area contributed by atoms with Gasteiger partial charge in [0, 0.05) is 19.0 Å². The highest BCUT2D eigenvalue weighted by molar-refractivity contribution is 5.95. The quantitative estimate of drug-likeness (QED) is 0.121. The fourth-order valence-corrected chi connectivity index (χ4v) is 4.19. The minimum atomic E-state index is -1.15. The van der Waals surface area contributed by atoms with E-state index in [4.69, 9.17) is 11.5 Å². The summed E-state index contributed by atoms with van der Waals surface area (Å²) in [6.07, 6.45) is 3.30. The number of hydrogen-bond donors (Lipinski definition) is 8. The third-order valence-electron chi connectivity index (χ3n) is 6.43. The summed E-state index contributed by atoms with van der Waals surface area (Å²) in [5.41, 5.74) is 12.1. The zero-order valence-corrected chi connectivity index (χ0v) is 24.3. The monoisotopic (exact) mass is 586 g/mol. The lowest BCUT2D eigenvalue weighted by molar-refractivity contribution is -0.134. The number of phenolic OH excluding ortho intramolecular Hbond substituents is 1. The molecule has 0 aliphatic rings. The van der Waals surface area contributed by atoms with Crippen molar-refractivity contribution in [3.8, 4) is 5.75 Å². The number of hydrogen-bond acceptors (Lipinski definition) is 8. The van der Waals surface area contributed by atoms with Crippen molar-refractivity contribution in [3.05, 3.63) is 48.0 Å². The third-order valence-corrected chi connectivity index (χ3v) is 6.43. The van der Waals surface area contributed by atoms with Crippen molar-refractivity contribution in [2.75, 3.05) is 6.54 Å². The highest BCUT2D eigenvalue weighted by Gasteiger charge is 2.32. The Labute approximate surface area is 244 Å². The Kier molecular flexibility index (Phi) is 12.9. The Morgan fingerprint density at radius 3 is 1.98 bits per heavy atom. The number of nitrogens with two attached hydrogens (primary N) is 2. The van der Waals surface area contributed by atoms with Gasteiger partial charge in [0.1, 0.15) is 29.9 Å². The van der Waals surface area contributed by atoms with Crippen LogP contribution in [0.4, 0.5) is 0 Å². The van der Waals surface area contributed by atoms with E-state index in [1.165, 1.54) is 18.5 Å². The number of amides is 5. The minimum absolute atomic E-state index is 0.00248. The van der Waals surface area contributed by atoms with E-state index >= 15 is 0 Å². The molecule has 5 amide bonds. The van der Waals surface area contributed by atoms with Crippen LogP contribution in [0, 0.1) is 11.8 Å². The molecule has 0 radical (unpaired) electrons. The van der Waals surface area contributed by atoms with Crippen LogP contribution < -0.4 is 32.7 Å². The zero-order valence-electron chi connectivity index (χ0n) is 24.3. The van der Waals surface area contributed by atoms with Gasteiger partial charge in [0.2, 0.25) is 29.5 Å². The lowest BCUT2D eigenvalue weighted by Crippen LogP contribution is -2.59. The summed E-state index contributed by atoms with van der Waals surface area (Å²) in [6.45, 7) is 6.90. The predicted molar refractivity (Wildman–Crippen MR) is 154 cm³/mol. The zero-order chi connectivity index (χ0) is 31.4. The maximum Gasteiger partial charge on any atom is 0.243 e. The van der Waals surface area contributed by atoms with Crippen molar-refractivity contribution in [2.24, 2.45) is 23.3 Å². The normalized spacial score (nSPS) is 14.0. The number of nitrogens with one attached hydrogen (secondary N) is 5. The number of H-pyrrole nitrogens is 1. The Hall–Kier alpha value is -4.46. The first-order valence-corrected chi connectivity index (χ1v) is 13.8. The first kappa shape index (κ1) is 33.7. The van der Waals surface area contributed by atoms with Crippen LogP contribution in [-0.2, 0) is 36.8 Å². The highest BCUT2D eigenvalue weighted by Crippen LogP contribution is 2.13. The Morgan fingerprint density at radius 2 is 1.45 bits per heavy atom. The number of carbonyl (C=O) groups excluding carboxylic acids is 5. The van der Waals surface area contributed by atoms with Crippen molar-refractivity contribution < 1.29 is 29.1 Å². The van der Waals surface area contributed by atoms with Crippen molar-refractivity contribution in [2.45, 2.75) is 71.1 Å². The van der Waals surface area contributed by atoms with Crippen molar-refractivity contribution >= 4 is 29.5 Å². The molecule has 230 valence electrons. The van der Waals surface area contributed by atoms with Gasteiger partial charge in [0.15, 0.2) is 0 Å².